The Morgan fingerprint density at radius 1 is 1.00 bits per heavy atom. The molecule has 0 bridgehead atoms. The zero-order valence-electron chi connectivity index (χ0n) is 5.63. The van der Waals surface area contributed by atoms with E-state index in [2.05, 4.69) is 6.58 Å². The lowest BCUT2D eigenvalue weighted by molar-refractivity contribution is -0.104. The maximum Gasteiger partial charge on any atom is 0.416 e. The second kappa shape index (κ2) is 3.20. The highest BCUT2D eigenvalue weighted by molar-refractivity contribution is 5.23. The van der Waals surface area contributed by atoms with Crippen LogP contribution in [0.1, 0.15) is 0 Å². The quantitative estimate of drug-likeness (QED) is 0.439. The Morgan fingerprint density at radius 3 is 1.50 bits per heavy atom. The Kier molecular flexibility index (Phi) is 2.95. The molecule has 0 rings (SSSR count). The van der Waals surface area contributed by atoms with Crippen LogP contribution in [0.15, 0.2) is 24.3 Å². The van der Waals surface area contributed by atoms with Crippen molar-refractivity contribution in [1.29, 1.82) is 0 Å². The second-order valence-electron chi connectivity index (χ2n) is 1.84. The molecule has 0 heterocycles. The fourth-order valence-corrected chi connectivity index (χ4v) is 0.433. The Morgan fingerprint density at radius 2 is 1.42 bits per heavy atom. The lowest BCUT2D eigenvalue weighted by atomic mass is 10.2. The molecule has 0 aliphatic heterocycles. The van der Waals surface area contributed by atoms with Crippen molar-refractivity contribution in [2.45, 2.75) is 12.4 Å². The normalized spacial score (nSPS) is 14.7. The largest absolute Gasteiger partial charge is 0.416 e. The Bertz CT molecular complexity index is 193. The molecular weight excluding hydrogens is 186 g/mol. The number of rotatable bonds is 1. The summed E-state index contributed by atoms with van der Waals surface area (Å²) in [6.45, 7) is 2.62. The number of hydrogen-bond donors (Lipinski definition) is 0. The summed E-state index contributed by atoms with van der Waals surface area (Å²) >= 11 is 0. The van der Waals surface area contributed by atoms with E-state index in [0.717, 1.165) is 0 Å². The molecule has 6 heteroatoms. The summed E-state index contributed by atoms with van der Waals surface area (Å²) in [5, 5.41) is 0. The van der Waals surface area contributed by atoms with Crippen LogP contribution < -0.4 is 0 Å². The Labute approximate surface area is 64.2 Å². The van der Waals surface area contributed by atoms with Gasteiger partial charge in [-0.2, -0.15) is 26.3 Å². The molecule has 0 saturated heterocycles. The van der Waals surface area contributed by atoms with Crippen LogP contribution in [-0.2, 0) is 0 Å². The minimum Gasteiger partial charge on any atom is -0.167 e. The van der Waals surface area contributed by atoms with Gasteiger partial charge in [0.15, 0.2) is 0 Å². The Hall–Kier alpha value is -0.940. The summed E-state index contributed by atoms with van der Waals surface area (Å²) in [6, 6.07) is 0. The van der Waals surface area contributed by atoms with E-state index >= 15 is 0 Å². The van der Waals surface area contributed by atoms with Crippen LogP contribution in [0.3, 0.4) is 0 Å². The van der Waals surface area contributed by atoms with Crippen molar-refractivity contribution in [2.24, 2.45) is 0 Å². The predicted molar refractivity (Wildman–Crippen MR) is 30.4 cm³/mol. The highest BCUT2D eigenvalue weighted by Crippen LogP contribution is 2.30. The summed E-state index contributed by atoms with van der Waals surface area (Å²) in [5.41, 5.74) is -1.80. The van der Waals surface area contributed by atoms with Gasteiger partial charge in [0.2, 0.25) is 0 Å². The molecule has 12 heavy (non-hydrogen) atoms. The number of alkyl halides is 6. The molecule has 0 amide bonds. The molecule has 0 saturated carbocycles. The van der Waals surface area contributed by atoms with E-state index in [1.165, 1.54) is 0 Å². The third-order valence-corrected chi connectivity index (χ3v) is 0.866. The van der Waals surface area contributed by atoms with Crippen LogP contribution >= 0.6 is 0 Å². The van der Waals surface area contributed by atoms with Gasteiger partial charge in [-0.25, -0.2) is 0 Å². The summed E-state index contributed by atoms with van der Waals surface area (Å²) < 4.78 is 69.0. The van der Waals surface area contributed by atoms with E-state index in [4.69, 9.17) is 0 Å². The summed E-state index contributed by atoms with van der Waals surface area (Å²) in [7, 11) is 0. The monoisotopic (exact) mass is 190 g/mol. The smallest absolute Gasteiger partial charge is 0.167 e. The molecule has 0 N–H and O–H groups in total. The van der Waals surface area contributed by atoms with Crippen molar-refractivity contribution in [3.63, 3.8) is 0 Å². The van der Waals surface area contributed by atoms with Crippen molar-refractivity contribution in [3.8, 4) is 0 Å². The minimum atomic E-state index is -5.00. The van der Waals surface area contributed by atoms with Crippen LogP contribution in [0.4, 0.5) is 26.3 Å². The van der Waals surface area contributed by atoms with Crippen molar-refractivity contribution in [2.75, 3.05) is 0 Å². The lowest BCUT2D eigenvalue weighted by Gasteiger charge is -2.08. The molecule has 0 spiro atoms. The van der Waals surface area contributed by atoms with Gasteiger partial charge in [0.05, 0.1) is 5.57 Å². The molecule has 0 fully saturated rings. The highest BCUT2D eigenvalue weighted by Gasteiger charge is 2.36. The molecular formula is C6H4F6. The van der Waals surface area contributed by atoms with Gasteiger partial charge < -0.3 is 0 Å². The zero-order valence-corrected chi connectivity index (χ0v) is 5.63. The standard InChI is InChI=1S/C6H4F6/c1-2-4(6(10,11)12)3-5(7,8)9/h2-3H,1H2/b4-3+. The van der Waals surface area contributed by atoms with E-state index in [1.807, 2.05) is 0 Å². The predicted octanol–water partition coefficient (Wildman–Crippen LogP) is 3.22. The van der Waals surface area contributed by atoms with E-state index in [1.54, 1.807) is 0 Å². The average molecular weight is 190 g/mol. The Balaban J connectivity index is 4.81. The summed E-state index contributed by atoms with van der Waals surface area (Å²) in [5.74, 6) is 0. The van der Waals surface area contributed by atoms with E-state index in [-0.39, 0.29) is 6.08 Å². The zero-order chi connectivity index (χ0) is 9.99. The van der Waals surface area contributed by atoms with Crippen LogP contribution in [0.25, 0.3) is 0 Å². The fraction of sp³-hybridized carbons (Fsp3) is 0.333. The molecule has 0 radical (unpaired) electrons. The highest BCUT2D eigenvalue weighted by atomic mass is 19.4. The first-order chi connectivity index (χ1) is 5.17. The van der Waals surface area contributed by atoms with Gasteiger partial charge in [0, 0.05) is 6.08 Å². The summed E-state index contributed by atoms with van der Waals surface area (Å²) in [6.07, 6.45) is -10.7. The second-order valence-corrected chi connectivity index (χ2v) is 1.84. The van der Waals surface area contributed by atoms with Crippen molar-refractivity contribution >= 4 is 0 Å². The number of hydrogen-bond acceptors (Lipinski definition) is 0. The van der Waals surface area contributed by atoms with Gasteiger partial charge in [-0.15, -0.1) is 0 Å². The topological polar surface area (TPSA) is 0 Å². The molecule has 0 aliphatic rings. The molecule has 0 atom stereocenters. The number of halogens is 6. The van der Waals surface area contributed by atoms with Crippen LogP contribution in [0, 0.1) is 0 Å². The van der Waals surface area contributed by atoms with Crippen molar-refractivity contribution in [1.82, 2.24) is 0 Å². The molecule has 70 valence electrons. The molecule has 0 aliphatic carbocycles. The van der Waals surface area contributed by atoms with Crippen LogP contribution in [0.5, 0.6) is 0 Å². The van der Waals surface area contributed by atoms with E-state index in [9.17, 15) is 26.3 Å². The van der Waals surface area contributed by atoms with Gasteiger partial charge in [0.25, 0.3) is 0 Å². The molecule has 0 aromatic heterocycles. The number of allylic oxidation sites excluding steroid dienone is 3. The van der Waals surface area contributed by atoms with E-state index < -0.39 is 24.0 Å². The van der Waals surface area contributed by atoms with Gasteiger partial charge in [-0.1, -0.05) is 12.7 Å². The van der Waals surface area contributed by atoms with Crippen molar-refractivity contribution in [3.05, 3.63) is 24.3 Å². The van der Waals surface area contributed by atoms with Crippen molar-refractivity contribution < 1.29 is 26.3 Å². The fourth-order valence-electron chi connectivity index (χ4n) is 0.433. The first-order valence-electron chi connectivity index (χ1n) is 2.66. The first kappa shape index (κ1) is 11.1. The third kappa shape index (κ3) is 4.05. The maximum absolute atomic E-state index is 11.6. The van der Waals surface area contributed by atoms with Gasteiger partial charge >= 0.3 is 12.4 Å². The summed E-state index contributed by atoms with van der Waals surface area (Å²) in [4.78, 5) is 0. The maximum atomic E-state index is 11.6. The van der Waals surface area contributed by atoms with Gasteiger partial charge in [-0.05, 0) is 0 Å². The SMILES string of the molecule is C=C/C(=C\C(F)(F)F)C(F)(F)F. The first-order valence-corrected chi connectivity index (χ1v) is 2.66. The molecule has 0 aromatic carbocycles. The van der Waals surface area contributed by atoms with Gasteiger partial charge in [-0.3, -0.25) is 0 Å². The molecule has 0 aromatic rings. The molecule has 0 unspecified atom stereocenters. The molecule has 0 nitrogen and oxygen atoms in total. The van der Waals surface area contributed by atoms with Crippen LogP contribution in [0.2, 0.25) is 0 Å². The van der Waals surface area contributed by atoms with Gasteiger partial charge in [0.1, 0.15) is 0 Å². The third-order valence-electron chi connectivity index (χ3n) is 0.866. The lowest BCUT2D eigenvalue weighted by Crippen LogP contribution is -2.14. The van der Waals surface area contributed by atoms with Crippen LogP contribution in [-0.4, -0.2) is 12.4 Å². The van der Waals surface area contributed by atoms with E-state index in [0.29, 0.717) is 0 Å². The minimum absolute atomic E-state index is 0.119. The average Bonchev–Trinajstić information content (AvgIpc) is 1.78.